The molecule has 0 bridgehead atoms. The monoisotopic (exact) mass is 370 g/mol. The standard InChI is InChI=1S/C14H16BrClN4O/c1-20(2)4-3-9-13-11-10(21-7-19-9)5-8(15)12(16)14(11)18-6-17-13/h5,7,9,17H,3-4,6H2,1-2H3. The predicted octanol–water partition coefficient (Wildman–Crippen LogP) is 1.13. The van der Waals surface area contributed by atoms with Crippen LogP contribution in [0.2, 0.25) is 5.02 Å². The average molecular weight is 372 g/mol. The van der Waals surface area contributed by atoms with E-state index in [0.29, 0.717) is 11.7 Å². The maximum atomic E-state index is 6.37. The first-order chi connectivity index (χ1) is 10.1. The average Bonchev–Trinajstić information content (AvgIpc) is 2.63. The maximum absolute atomic E-state index is 6.37. The van der Waals surface area contributed by atoms with Crippen molar-refractivity contribution in [3.8, 4) is 5.75 Å². The van der Waals surface area contributed by atoms with Crippen LogP contribution in [-0.4, -0.2) is 44.7 Å². The van der Waals surface area contributed by atoms with Crippen LogP contribution in [0.3, 0.4) is 0 Å². The molecule has 0 fully saturated rings. The molecule has 112 valence electrons. The van der Waals surface area contributed by atoms with Crippen LogP contribution in [0.15, 0.2) is 20.5 Å². The number of hydrogen-bond donors (Lipinski definition) is 1. The van der Waals surface area contributed by atoms with Crippen molar-refractivity contribution in [2.24, 2.45) is 9.98 Å². The predicted molar refractivity (Wildman–Crippen MR) is 87.4 cm³/mol. The van der Waals surface area contributed by atoms with Gasteiger partial charge in [0.25, 0.3) is 0 Å². The van der Waals surface area contributed by atoms with Crippen LogP contribution in [0.4, 0.5) is 0 Å². The fourth-order valence-corrected chi connectivity index (χ4v) is 3.11. The second kappa shape index (κ2) is 5.94. The molecule has 0 saturated heterocycles. The minimum absolute atomic E-state index is 0.0279. The van der Waals surface area contributed by atoms with Gasteiger partial charge >= 0.3 is 0 Å². The van der Waals surface area contributed by atoms with Crippen molar-refractivity contribution in [3.63, 3.8) is 0 Å². The molecule has 1 unspecified atom stereocenters. The van der Waals surface area contributed by atoms with E-state index in [9.17, 15) is 0 Å². The molecule has 21 heavy (non-hydrogen) atoms. The van der Waals surface area contributed by atoms with Crippen molar-refractivity contribution in [1.82, 2.24) is 10.2 Å². The Kier molecular flexibility index (Phi) is 4.19. The Labute approximate surface area is 136 Å². The van der Waals surface area contributed by atoms with Gasteiger partial charge in [-0.1, -0.05) is 11.6 Å². The number of ether oxygens (including phenoxy) is 1. The van der Waals surface area contributed by atoms with Gasteiger partial charge in [0.05, 0.1) is 27.3 Å². The Morgan fingerprint density at radius 3 is 3.10 bits per heavy atom. The third kappa shape index (κ3) is 2.80. The summed E-state index contributed by atoms with van der Waals surface area (Å²) in [5, 5.41) is 5.66. The molecule has 0 aliphatic carbocycles. The molecule has 0 aromatic heterocycles. The number of aliphatic imine (C=N–C) groups is 1. The summed E-state index contributed by atoms with van der Waals surface area (Å²) in [6.07, 6.45) is 2.42. The fraction of sp³-hybridized carbons (Fsp3) is 0.429. The molecular weight excluding hydrogens is 356 g/mol. The largest absolute Gasteiger partial charge is 0.445 e. The van der Waals surface area contributed by atoms with Crippen LogP contribution in [-0.2, 0) is 0 Å². The third-order valence-electron chi connectivity index (χ3n) is 3.54. The van der Waals surface area contributed by atoms with Gasteiger partial charge in [0, 0.05) is 4.47 Å². The zero-order valence-corrected chi connectivity index (χ0v) is 14.2. The lowest BCUT2D eigenvalue weighted by Crippen LogP contribution is -2.42. The van der Waals surface area contributed by atoms with Gasteiger partial charge in [-0.25, -0.2) is 4.99 Å². The summed E-state index contributed by atoms with van der Waals surface area (Å²) >= 11 is 9.82. The van der Waals surface area contributed by atoms with E-state index < -0.39 is 0 Å². The van der Waals surface area contributed by atoms with E-state index in [1.165, 1.54) is 6.40 Å². The van der Waals surface area contributed by atoms with Gasteiger partial charge in [-0.15, -0.1) is 0 Å². The van der Waals surface area contributed by atoms with E-state index in [1.54, 1.807) is 0 Å². The van der Waals surface area contributed by atoms with Gasteiger partial charge in [-0.2, -0.15) is 0 Å². The van der Waals surface area contributed by atoms with Crippen molar-refractivity contribution in [2.75, 3.05) is 27.3 Å². The summed E-state index contributed by atoms with van der Waals surface area (Å²) in [5.74, 6) is 0.725. The maximum Gasteiger partial charge on any atom is 0.177 e. The molecule has 7 heteroatoms. The van der Waals surface area contributed by atoms with E-state index >= 15 is 0 Å². The topological polar surface area (TPSA) is 49.2 Å². The Balaban J connectivity index is 2.18. The molecule has 2 aliphatic rings. The molecule has 0 radical (unpaired) electrons. The SMILES string of the molecule is CN(C)CCC1N=COc2cc(Br)c(Cl)c3c2=C1NCN=3. The molecule has 2 heterocycles. The molecular formula is C14H16BrClN4O. The summed E-state index contributed by atoms with van der Waals surface area (Å²) in [5.41, 5.74) is 1.04. The van der Waals surface area contributed by atoms with Gasteiger partial charge < -0.3 is 15.0 Å². The van der Waals surface area contributed by atoms with Gasteiger partial charge in [0.15, 0.2) is 6.40 Å². The lowest BCUT2D eigenvalue weighted by molar-refractivity contribution is 0.392. The Bertz CT molecular complexity index is 717. The summed E-state index contributed by atoms with van der Waals surface area (Å²) in [7, 11) is 4.11. The van der Waals surface area contributed by atoms with Crippen LogP contribution in [0.5, 0.6) is 5.75 Å². The zero-order valence-electron chi connectivity index (χ0n) is 11.9. The molecule has 0 spiro atoms. The lowest BCUT2D eigenvalue weighted by atomic mass is 10.1. The summed E-state index contributed by atoms with van der Waals surface area (Å²) in [4.78, 5) is 11.1. The van der Waals surface area contributed by atoms with Crippen molar-refractivity contribution >= 4 is 39.6 Å². The summed E-state index contributed by atoms with van der Waals surface area (Å²) < 4.78 is 6.43. The van der Waals surface area contributed by atoms with Crippen molar-refractivity contribution in [1.29, 1.82) is 0 Å². The lowest BCUT2D eigenvalue weighted by Gasteiger charge is -2.21. The second-order valence-corrected chi connectivity index (χ2v) is 6.51. The van der Waals surface area contributed by atoms with Crippen molar-refractivity contribution < 1.29 is 4.74 Å². The second-order valence-electron chi connectivity index (χ2n) is 5.28. The molecule has 0 saturated carbocycles. The van der Waals surface area contributed by atoms with E-state index in [0.717, 1.165) is 39.5 Å². The number of hydrogen-bond acceptors (Lipinski definition) is 5. The highest BCUT2D eigenvalue weighted by atomic mass is 79.9. The minimum Gasteiger partial charge on any atom is -0.445 e. The number of halogens is 2. The normalized spacial score (nSPS) is 19.5. The molecule has 1 aromatic rings. The number of nitrogens with zero attached hydrogens (tertiary/aromatic N) is 3. The molecule has 3 rings (SSSR count). The molecule has 1 aromatic carbocycles. The van der Waals surface area contributed by atoms with Gasteiger partial charge in [-0.3, -0.25) is 4.99 Å². The number of rotatable bonds is 3. The summed E-state index contributed by atoms with van der Waals surface area (Å²) in [6.45, 7) is 1.45. The van der Waals surface area contributed by atoms with Crippen LogP contribution in [0, 0.1) is 0 Å². The van der Waals surface area contributed by atoms with Gasteiger partial charge in [0.2, 0.25) is 0 Å². The highest BCUT2D eigenvalue weighted by Crippen LogP contribution is 2.23. The van der Waals surface area contributed by atoms with E-state index in [1.807, 2.05) is 6.07 Å². The van der Waals surface area contributed by atoms with Gasteiger partial charge in [0.1, 0.15) is 12.4 Å². The first-order valence-electron chi connectivity index (χ1n) is 6.71. The van der Waals surface area contributed by atoms with Crippen molar-refractivity contribution in [3.05, 3.63) is 26.1 Å². The zero-order chi connectivity index (χ0) is 15.0. The van der Waals surface area contributed by atoms with Crippen LogP contribution >= 0.6 is 27.5 Å². The highest BCUT2D eigenvalue weighted by molar-refractivity contribution is 9.10. The Hall–Kier alpha value is -1.11. The number of nitrogens with one attached hydrogen (secondary N) is 1. The molecule has 5 nitrogen and oxygen atoms in total. The van der Waals surface area contributed by atoms with E-state index in [-0.39, 0.29) is 6.04 Å². The molecule has 2 aliphatic heterocycles. The Morgan fingerprint density at radius 2 is 2.33 bits per heavy atom. The van der Waals surface area contributed by atoms with Crippen molar-refractivity contribution in [2.45, 2.75) is 12.5 Å². The molecule has 1 N–H and O–H groups in total. The quantitative estimate of drug-likeness (QED) is 0.867. The van der Waals surface area contributed by atoms with E-state index in [4.69, 9.17) is 16.3 Å². The highest BCUT2D eigenvalue weighted by Gasteiger charge is 2.23. The van der Waals surface area contributed by atoms with E-state index in [2.05, 4.69) is 50.2 Å². The fourth-order valence-electron chi connectivity index (χ4n) is 2.50. The Morgan fingerprint density at radius 1 is 1.52 bits per heavy atom. The molecule has 0 amide bonds. The van der Waals surface area contributed by atoms with Crippen LogP contribution in [0.1, 0.15) is 6.42 Å². The molecule has 1 atom stereocenters. The number of benzene rings is 1. The first kappa shape index (κ1) is 14.8. The summed E-state index contributed by atoms with van der Waals surface area (Å²) in [6, 6.07) is 1.89. The van der Waals surface area contributed by atoms with Gasteiger partial charge in [-0.05, 0) is 49.1 Å². The third-order valence-corrected chi connectivity index (χ3v) is 4.77. The smallest absolute Gasteiger partial charge is 0.177 e. The van der Waals surface area contributed by atoms with Crippen LogP contribution < -0.4 is 20.6 Å². The van der Waals surface area contributed by atoms with Crippen LogP contribution in [0.25, 0.3) is 5.70 Å². The minimum atomic E-state index is 0.0279. The first-order valence-corrected chi connectivity index (χ1v) is 7.88.